The zero-order valence-corrected chi connectivity index (χ0v) is 8.45. The van der Waals surface area contributed by atoms with E-state index in [1.807, 2.05) is 0 Å². The molecule has 82 valence electrons. The highest BCUT2D eigenvalue weighted by molar-refractivity contribution is 5.31. The summed E-state index contributed by atoms with van der Waals surface area (Å²) in [7, 11) is 0. The van der Waals surface area contributed by atoms with Crippen molar-refractivity contribution < 1.29 is 8.78 Å². The largest absolute Gasteiger partial charge is 0.384 e. The van der Waals surface area contributed by atoms with Crippen molar-refractivity contribution >= 4 is 5.82 Å². The predicted molar refractivity (Wildman–Crippen MR) is 57.8 cm³/mol. The third kappa shape index (κ3) is 2.34. The average Bonchev–Trinajstić information content (AvgIpc) is 2.24. The molecule has 4 heteroatoms. The van der Waals surface area contributed by atoms with E-state index in [0.717, 1.165) is 11.8 Å². The molecule has 2 nitrogen and oxygen atoms in total. The molecule has 2 N–H and O–H groups in total. The van der Waals surface area contributed by atoms with Gasteiger partial charge in [0.15, 0.2) is 11.6 Å². The Bertz CT molecular complexity index is 512. The lowest BCUT2D eigenvalue weighted by molar-refractivity contribution is 0.507. The van der Waals surface area contributed by atoms with Gasteiger partial charge in [0.2, 0.25) is 0 Å². The first kappa shape index (κ1) is 10.5. The van der Waals surface area contributed by atoms with Crippen LogP contribution >= 0.6 is 0 Å². The van der Waals surface area contributed by atoms with Gasteiger partial charge in [-0.15, -0.1) is 0 Å². The van der Waals surface area contributed by atoms with Gasteiger partial charge < -0.3 is 5.73 Å². The van der Waals surface area contributed by atoms with Crippen LogP contribution in [0.5, 0.6) is 0 Å². The number of nitrogens with zero attached hydrogens (tertiary/aromatic N) is 1. The Labute approximate surface area is 91.7 Å². The van der Waals surface area contributed by atoms with Gasteiger partial charge in [-0.1, -0.05) is 12.1 Å². The van der Waals surface area contributed by atoms with Crippen LogP contribution in [0.3, 0.4) is 0 Å². The Morgan fingerprint density at radius 1 is 1.06 bits per heavy atom. The number of rotatable bonds is 2. The van der Waals surface area contributed by atoms with E-state index in [1.165, 1.54) is 12.1 Å². The minimum absolute atomic E-state index is 0.417. The van der Waals surface area contributed by atoms with E-state index in [4.69, 9.17) is 5.73 Å². The maximum atomic E-state index is 12.9. The van der Waals surface area contributed by atoms with Crippen molar-refractivity contribution in [3.63, 3.8) is 0 Å². The first-order valence-electron chi connectivity index (χ1n) is 4.80. The Hall–Kier alpha value is -1.97. The highest BCUT2D eigenvalue weighted by Gasteiger charge is 2.04. The van der Waals surface area contributed by atoms with Crippen LogP contribution in [-0.2, 0) is 6.42 Å². The summed E-state index contributed by atoms with van der Waals surface area (Å²) in [6.45, 7) is 0. The van der Waals surface area contributed by atoms with Crippen LogP contribution in [-0.4, -0.2) is 4.98 Å². The normalized spacial score (nSPS) is 10.4. The first-order chi connectivity index (χ1) is 7.65. The lowest BCUT2D eigenvalue weighted by Gasteiger charge is -2.02. The molecule has 1 aromatic carbocycles. The number of halogens is 2. The molecule has 0 aliphatic carbocycles. The Morgan fingerprint density at radius 3 is 2.56 bits per heavy atom. The first-order valence-corrected chi connectivity index (χ1v) is 4.80. The van der Waals surface area contributed by atoms with Gasteiger partial charge in [-0.2, -0.15) is 0 Å². The van der Waals surface area contributed by atoms with Crippen LogP contribution in [0.4, 0.5) is 14.6 Å². The molecule has 0 bridgehead atoms. The fourth-order valence-electron chi connectivity index (χ4n) is 1.46. The van der Waals surface area contributed by atoms with Gasteiger partial charge in [0, 0.05) is 12.1 Å². The molecule has 0 saturated carbocycles. The quantitative estimate of drug-likeness (QED) is 0.844. The highest BCUT2D eigenvalue weighted by atomic mass is 19.2. The fourth-order valence-corrected chi connectivity index (χ4v) is 1.46. The summed E-state index contributed by atoms with van der Waals surface area (Å²) in [6.07, 6.45) is 0.433. The van der Waals surface area contributed by atoms with Crippen molar-refractivity contribution in [1.82, 2.24) is 4.98 Å². The van der Waals surface area contributed by atoms with E-state index in [0.29, 0.717) is 17.8 Å². The summed E-state index contributed by atoms with van der Waals surface area (Å²) >= 11 is 0. The van der Waals surface area contributed by atoms with E-state index in [9.17, 15) is 8.78 Å². The van der Waals surface area contributed by atoms with E-state index >= 15 is 0 Å². The van der Waals surface area contributed by atoms with E-state index < -0.39 is 11.6 Å². The number of nitrogens with two attached hydrogens (primary N) is 1. The van der Waals surface area contributed by atoms with Crippen molar-refractivity contribution in [2.24, 2.45) is 0 Å². The topological polar surface area (TPSA) is 38.9 Å². The summed E-state index contributed by atoms with van der Waals surface area (Å²) in [6, 6.07) is 9.05. The number of benzene rings is 1. The van der Waals surface area contributed by atoms with Gasteiger partial charge in [0.25, 0.3) is 0 Å². The molecule has 0 unspecified atom stereocenters. The zero-order chi connectivity index (χ0) is 11.5. The molecule has 2 aromatic rings. The maximum Gasteiger partial charge on any atom is 0.159 e. The van der Waals surface area contributed by atoms with Gasteiger partial charge in [-0.25, -0.2) is 13.8 Å². The standard InChI is InChI=1S/C12H10F2N2/c13-10-5-4-8(7-11(10)14)6-9-2-1-3-12(15)16-9/h1-5,7H,6H2,(H2,15,16). The van der Waals surface area contributed by atoms with Crippen LogP contribution in [0.2, 0.25) is 0 Å². The number of aromatic nitrogens is 1. The molecule has 0 atom stereocenters. The average molecular weight is 220 g/mol. The molecular formula is C12H10F2N2. The molecule has 0 radical (unpaired) electrons. The molecule has 0 fully saturated rings. The Morgan fingerprint density at radius 2 is 1.88 bits per heavy atom. The third-order valence-corrected chi connectivity index (χ3v) is 2.20. The fraction of sp³-hybridized carbons (Fsp3) is 0.0833. The molecule has 2 rings (SSSR count). The second-order valence-corrected chi connectivity index (χ2v) is 3.48. The third-order valence-electron chi connectivity index (χ3n) is 2.20. The Balaban J connectivity index is 2.24. The summed E-state index contributed by atoms with van der Waals surface area (Å²) in [5.74, 6) is -1.27. The van der Waals surface area contributed by atoms with Gasteiger partial charge >= 0.3 is 0 Å². The summed E-state index contributed by atoms with van der Waals surface area (Å²) in [5.41, 5.74) is 6.91. The number of anilines is 1. The molecule has 0 saturated heterocycles. The van der Waals surface area contributed by atoms with Crippen LogP contribution in [0.15, 0.2) is 36.4 Å². The summed E-state index contributed by atoms with van der Waals surface area (Å²) < 4.78 is 25.6. The molecule has 1 heterocycles. The number of nitrogen functional groups attached to an aromatic ring is 1. The van der Waals surface area contributed by atoms with Crippen molar-refractivity contribution in [2.45, 2.75) is 6.42 Å². The summed E-state index contributed by atoms with van der Waals surface area (Å²) in [4.78, 5) is 4.08. The predicted octanol–water partition coefficient (Wildman–Crippen LogP) is 2.53. The van der Waals surface area contributed by atoms with E-state index in [2.05, 4.69) is 4.98 Å². The van der Waals surface area contributed by atoms with Gasteiger partial charge in [-0.05, 0) is 29.8 Å². The molecular weight excluding hydrogens is 210 g/mol. The van der Waals surface area contributed by atoms with Crippen molar-refractivity contribution in [2.75, 3.05) is 5.73 Å². The molecule has 0 aliphatic heterocycles. The number of hydrogen-bond donors (Lipinski definition) is 1. The molecule has 16 heavy (non-hydrogen) atoms. The highest BCUT2D eigenvalue weighted by Crippen LogP contribution is 2.12. The molecule has 1 aromatic heterocycles. The number of pyridine rings is 1. The second-order valence-electron chi connectivity index (χ2n) is 3.48. The van der Waals surface area contributed by atoms with Crippen LogP contribution in [0.1, 0.15) is 11.3 Å². The van der Waals surface area contributed by atoms with Gasteiger partial charge in [0.1, 0.15) is 5.82 Å². The smallest absolute Gasteiger partial charge is 0.159 e. The van der Waals surface area contributed by atoms with Crippen molar-refractivity contribution in [1.29, 1.82) is 0 Å². The summed E-state index contributed by atoms with van der Waals surface area (Å²) in [5, 5.41) is 0. The minimum atomic E-state index is -0.846. The molecule has 0 amide bonds. The molecule has 0 spiro atoms. The maximum absolute atomic E-state index is 12.9. The second kappa shape index (κ2) is 4.26. The van der Waals surface area contributed by atoms with Gasteiger partial charge in [0.05, 0.1) is 0 Å². The van der Waals surface area contributed by atoms with E-state index in [-0.39, 0.29) is 0 Å². The van der Waals surface area contributed by atoms with Crippen LogP contribution < -0.4 is 5.73 Å². The van der Waals surface area contributed by atoms with Gasteiger partial charge in [-0.3, -0.25) is 0 Å². The Kier molecular flexibility index (Phi) is 2.81. The lowest BCUT2D eigenvalue weighted by Crippen LogP contribution is -1.97. The molecule has 0 aliphatic rings. The monoisotopic (exact) mass is 220 g/mol. The minimum Gasteiger partial charge on any atom is -0.384 e. The van der Waals surface area contributed by atoms with Crippen molar-refractivity contribution in [3.8, 4) is 0 Å². The van der Waals surface area contributed by atoms with Crippen LogP contribution in [0.25, 0.3) is 0 Å². The number of hydrogen-bond acceptors (Lipinski definition) is 2. The van der Waals surface area contributed by atoms with Crippen LogP contribution in [0, 0.1) is 11.6 Å². The zero-order valence-electron chi connectivity index (χ0n) is 8.45. The van der Waals surface area contributed by atoms with E-state index in [1.54, 1.807) is 18.2 Å². The SMILES string of the molecule is Nc1cccc(Cc2ccc(F)c(F)c2)n1. The lowest BCUT2D eigenvalue weighted by atomic mass is 10.1. The van der Waals surface area contributed by atoms with Crippen molar-refractivity contribution in [3.05, 3.63) is 59.3 Å².